The van der Waals surface area contributed by atoms with E-state index in [9.17, 15) is 0 Å². The number of hydrogen-bond acceptors (Lipinski definition) is 1. The zero-order chi connectivity index (χ0) is 15.1. The zero-order valence-electron chi connectivity index (χ0n) is 13.3. The van der Waals surface area contributed by atoms with E-state index in [2.05, 4.69) is 35.5 Å². The van der Waals surface area contributed by atoms with Crippen LogP contribution < -0.4 is 0 Å². The van der Waals surface area contributed by atoms with Crippen molar-refractivity contribution >= 4 is 15.9 Å². The Morgan fingerprint density at radius 1 is 1.19 bits per heavy atom. The van der Waals surface area contributed by atoms with Crippen LogP contribution in [0.2, 0.25) is 0 Å². The normalized spacial score (nSPS) is 31.6. The molecule has 0 bridgehead atoms. The maximum absolute atomic E-state index is 6.18. The average molecular weight is 353 g/mol. The SMILES string of the molecule is C=C/C=C\C1=C(CC)CC2CCCC(Br)CCCC2CO1. The van der Waals surface area contributed by atoms with Crippen LogP contribution >= 0.6 is 15.9 Å². The molecule has 0 N–H and O–H groups in total. The minimum atomic E-state index is 0.730. The molecule has 21 heavy (non-hydrogen) atoms. The van der Waals surface area contributed by atoms with Crippen molar-refractivity contribution < 1.29 is 4.74 Å². The lowest BCUT2D eigenvalue weighted by molar-refractivity contribution is 0.140. The summed E-state index contributed by atoms with van der Waals surface area (Å²) in [6, 6.07) is 0. The van der Waals surface area contributed by atoms with E-state index in [4.69, 9.17) is 4.74 Å². The first-order valence-electron chi connectivity index (χ1n) is 8.52. The van der Waals surface area contributed by atoms with E-state index in [1.165, 1.54) is 50.5 Å². The van der Waals surface area contributed by atoms with Crippen LogP contribution in [0.5, 0.6) is 0 Å². The van der Waals surface area contributed by atoms with Crippen LogP contribution in [0.3, 0.4) is 0 Å². The Labute approximate surface area is 138 Å². The third-order valence-corrected chi connectivity index (χ3v) is 5.89. The fraction of sp³-hybridized carbons (Fsp3) is 0.684. The van der Waals surface area contributed by atoms with Crippen LogP contribution in [-0.2, 0) is 4.74 Å². The molecule has 3 atom stereocenters. The Morgan fingerprint density at radius 2 is 1.90 bits per heavy atom. The van der Waals surface area contributed by atoms with Gasteiger partial charge in [0.2, 0.25) is 0 Å². The van der Waals surface area contributed by atoms with Gasteiger partial charge in [0.1, 0.15) is 5.76 Å². The third-order valence-electron chi connectivity index (χ3n) is 4.97. The number of rotatable bonds is 3. The second-order valence-corrected chi connectivity index (χ2v) is 7.71. The van der Waals surface area contributed by atoms with Crippen LogP contribution in [0.25, 0.3) is 0 Å². The molecule has 2 aliphatic rings. The van der Waals surface area contributed by atoms with Crippen molar-refractivity contribution in [3.63, 3.8) is 0 Å². The van der Waals surface area contributed by atoms with Crippen LogP contribution in [0.15, 0.2) is 36.1 Å². The Hall–Kier alpha value is -0.500. The van der Waals surface area contributed by atoms with E-state index in [0.717, 1.165) is 35.4 Å². The number of hydrogen-bond donors (Lipinski definition) is 0. The predicted octanol–water partition coefficient (Wildman–Crippen LogP) is 6.16. The first kappa shape index (κ1) is 16.9. The molecule has 2 heteroatoms. The number of allylic oxidation sites excluding steroid dienone is 4. The maximum atomic E-state index is 6.18. The summed E-state index contributed by atoms with van der Waals surface area (Å²) in [5, 5.41) is 0. The van der Waals surface area contributed by atoms with Crippen molar-refractivity contribution in [1.29, 1.82) is 0 Å². The molecule has 1 nitrogen and oxygen atoms in total. The first-order chi connectivity index (χ1) is 10.2. The van der Waals surface area contributed by atoms with E-state index in [0.29, 0.717) is 0 Å². The quantitative estimate of drug-likeness (QED) is 0.436. The summed E-state index contributed by atoms with van der Waals surface area (Å²) in [5.41, 5.74) is 1.50. The molecule has 1 aliphatic carbocycles. The van der Waals surface area contributed by atoms with Gasteiger partial charge in [-0.2, -0.15) is 0 Å². The molecule has 0 radical (unpaired) electrons. The van der Waals surface area contributed by atoms with Crippen molar-refractivity contribution in [2.75, 3.05) is 6.61 Å². The van der Waals surface area contributed by atoms with Gasteiger partial charge in [0, 0.05) is 4.83 Å². The highest BCUT2D eigenvalue weighted by atomic mass is 79.9. The Kier molecular flexibility index (Phi) is 7.09. The second kappa shape index (κ2) is 8.82. The molecule has 0 aromatic heterocycles. The molecule has 0 aromatic rings. The lowest BCUT2D eigenvalue weighted by Gasteiger charge is -2.24. The van der Waals surface area contributed by atoms with Crippen molar-refractivity contribution in [2.24, 2.45) is 11.8 Å². The zero-order valence-corrected chi connectivity index (χ0v) is 14.9. The van der Waals surface area contributed by atoms with Crippen molar-refractivity contribution in [3.8, 4) is 0 Å². The summed E-state index contributed by atoms with van der Waals surface area (Å²) in [6.45, 7) is 6.92. The minimum Gasteiger partial charge on any atom is -0.493 e. The second-order valence-electron chi connectivity index (χ2n) is 6.41. The summed E-state index contributed by atoms with van der Waals surface area (Å²) >= 11 is 3.83. The van der Waals surface area contributed by atoms with Crippen LogP contribution in [0, 0.1) is 11.8 Å². The smallest absolute Gasteiger partial charge is 0.118 e. The van der Waals surface area contributed by atoms with Gasteiger partial charge in [-0.1, -0.05) is 54.4 Å². The third kappa shape index (κ3) is 5.02. The first-order valence-corrected chi connectivity index (χ1v) is 9.44. The Bertz CT molecular complexity index is 396. The molecule has 1 fully saturated rings. The maximum Gasteiger partial charge on any atom is 0.118 e. The lowest BCUT2D eigenvalue weighted by Crippen LogP contribution is -2.18. The van der Waals surface area contributed by atoms with Gasteiger partial charge in [0.15, 0.2) is 0 Å². The summed E-state index contributed by atoms with van der Waals surface area (Å²) in [6.07, 6.45) is 16.3. The molecular formula is C19H29BrO. The van der Waals surface area contributed by atoms with E-state index in [-0.39, 0.29) is 0 Å². The highest BCUT2D eigenvalue weighted by Crippen LogP contribution is 2.37. The average Bonchev–Trinajstić information content (AvgIpc) is 2.59. The molecule has 0 spiro atoms. The van der Waals surface area contributed by atoms with Crippen LogP contribution in [-0.4, -0.2) is 11.4 Å². The highest BCUT2D eigenvalue weighted by Gasteiger charge is 2.28. The van der Waals surface area contributed by atoms with Gasteiger partial charge in [-0.15, -0.1) is 0 Å². The van der Waals surface area contributed by atoms with E-state index in [1.807, 2.05) is 12.2 Å². The fourth-order valence-electron chi connectivity index (χ4n) is 3.66. The lowest BCUT2D eigenvalue weighted by atomic mass is 9.81. The summed E-state index contributed by atoms with van der Waals surface area (Å²) in [4.78, 5) is 0.730. The molecular weight excluding hydrogens is 324 g/mol. The van der Waals surface area contributed by atoms with Crippen molar-refractivity contribution in [1.82, 2.24) is 0 Å². The van der Waals surface area contributed by atoms with Gasteiger partial charge < -0.3 is 4.74 Å². The van der Waals surface area contributed by atoms with Gasteiger partial charge in [-0.3, -0.25) is 0 Å². The van der Waals surface area contributed by atoms with E-state index >= 15 is 0 Å². The standard InChI is InChI=1S/C19H29BrO/c1-3-5-12-19-15(4-2)13-16-8-6-10-18(20)11-7-9-17(16)14-21-19/h3,5,12,16-18H,1,4,6-11,13-14H2,2H3/b12-5-. The highest BCUT2D eigenvalue weighted by molar-refractivity contribution is 9.09. The fourth-order valence-corrected chi connectivity index (χ4v) is 4.31. The number of alkyl halides is 1. The molecule has 0 amide bonds. The molecule has 0 aromatic carbocycles. The van der Waals surface area contributed by atoms with Crippen molar-refractivity contribution in [3.05, 3.63) is 36.1 Å². The number of ether oxygens (including phenoxy) is 1. The summed E-state index contributed by atoms with van der Waals surface area (Å²) in [7, 11) is 0. The minimum absolute atomic E-state index is 0.730. The van der Waals surface area contributed by atoms with Crippen LogP contribution in [0.4, 0.5) is 0 Å². The molecule has 3 unspecified atom stereocenters. The summed E-state index contributed by atoms with van der Waals surface area (Å²) < 4.78 is 6.18. The van der Waals surface area contributed by atoms with Gasteiger partial charge in [0.25, 0.3) is 0 Å². The molecule has 0 saturated heterocycles. The topological polar surface area (TPSA) is 9.23 Å². The van der Waals surface area contributed by atoms with Crippen LogP contribution in [0.1, 0.15) is 58.3 Å². The number of fused-ring (bicyclic) bond motifs is 1. The molecule has 1 aliphatic heterocycles. The monoisotopic (exact) mass is 352 g/mol. The van der Waals surface area contributed by atoms with Gasteiger partial charge in [-0.05, 0) is 62.0 Å². The van der Waals surface area contributed by atoms with Gasteiger partial charge in [0.05, 0.1) is 6.61 Å². The Balaban J connectivity index is 2.12. The number of halogens is 1. The Morgan fingerprint density at radius 3 is 2.57 bits per heavy atom. The molecule has 2 rings (SSSR count). The van der Waals surface area contributed by atoms with Crippen molar-refractivity contribution in [2.45, 2.75) is 63.1 Å². The van der Waals surface area contributed by atoms with E-state index in [1.54, 1.807) is 0 Å². The molecule has 118 valence electrons. The predicted molar refractivity (Wildman–Crippen MR) is 94.6 cm³/mol. The van der Waals surface area contributed by atoms with Gasteiger partial charge >= 0.3 is 0 Å². The largest absolute Gasteiger partial charge is 0.493 e. The molecule has 1 heterocycles. The summed E-state index contributed by atoms with van der Waals surface area (Å²) in [5.74, 6) is 2.66. The van der Waals surface area contributed by atoms with Gasteiger partial charge in [-0.25, -0.2) is 0 Å². The van der Waals surface area contributed by atoms with E-state index < -0.39 is 0 Å². The molecule has 1 saturated carbocycles.